The Balaban J connectivity index is 3.01. The fraction of sp³-hybridized carbons (Fsp3) is 1.00. The SMILES string of the molecule is CCCCCOCCOCCOCCOCCOCCO[Si](C)(C)C. The Hall–Kier alpha value is -0.0231. The van der Waals surface area contributed by atoms with Crippen molar-refractivity contribution in [1.82, 2.24) is 0 Å². The van der Waals surface area contributed by atoms with Gasteiger partial charge >= 0.3 is 0 Å². The second-order valence-electron chi connectivity index (χ2n) is 6.73. The largest absolute Gasteiger partial charge is 0.415 e. The summed E-state index contributed by atoms with van der Waals surface area (Å²) in [6, 6.07) is 0. The van der Waals surface area contributed by atoms with Gasteiger partial charge in [-0.1, -0.05) is 19.8 Å². The second kappa shape index (κ2) is 18.8. The van der Waals surface area contributed by atoms with Crippen LogP contribution in [0.5, 0.6) is 0 Å². The third-order valence-electron chi connectivity index (χ3n) is 3.14. The first-order chi connectivity index (χ1) is 12.1. The van der Waals surface area contributed by atoms with Crippen LogP contribution in [0, 0.1) is 0 Å². The summed E-state index contributed by atoms with van der Waals surface area (Å²) in [7, 11) is -1.41. The summed E-state index contributed by atoms with van der Waals surface area (Å²) >= 11 is 0. The summed E-state index contributed by atoms with van der Waals surface area (Å²) in [5.74, 6) is 0. The molecule has 0 aromatic heterocycles. The molecule has 0 rings (SSSR count). The van der Waals surface area contributed by atoms with Crippen LogP contribution in [0.1, 0.15) is 26.2 Å². The summed E-state index contributed by atoms with van der Waals surface area (Å²) in [6.07, 6.45) is 3.59. The molecule has 0 aromatic carbocycles. The molecule has 25 heavy (non-hydrogen) atoms. The smallest absolute Gasteiger partial charge is 0.183 e. The lowest BCUT2D eigenvalue weighted by molar-refractivity contribution is -0.0130. The van der Waals surface area contributed by atoms with Crippen LogP contribution in [-0.4, -0.2) is 81.0 Å². The van der Waals surface area contributed by atoms with Crippen molar-refractivity contribution in [2.45, 2.75) is 45.8 Å². The van der Waals surface area contributed by atoms with Gasteiger partial charge in [-0.3, -0.25) is 0 Å². The van der Waals surface area contributed by atoms with Gasteiger partial charge in [0, 0.05) is 6.61 Å². The minimum absolute atomic E-state index is 0.579. The molecule has 0 aliphatic rings. The average molecular weight is 381 g/mol. The summed E-state index contributed by atoms with van der Waals surface area (Å²) in [4.78, 5) is 0. The Bertz CT molecular complexity index is 260. The van der Waals surface area contributed by atoms with Crippen LogP contribution >= 0.6 is 0 Å². The molecule has 152 valence electrons. The van der Waals surface area contributed by atoms with Crippen molar-refractivity contribution >= 4 is 8.32 Å². The minimum Gasteiger partial charge on any atom is -0.415 e. The fourth-order valence-electron chi connectivity index (χ4n) is 1.84. The predicted octanol–water partition coefficient (Wildman–Crippen LogP) is 3.11. The van der Waals surface area contributed by atoms with Crippen LogP contribution < -0.4 is 0 Å². The summed E-state index contributed by atoms with van der Waals surface area (Å²) in [5.41, 5.74) is 0. The normalized spacial score (nSPS) is 12.0. The molecular formula is C18H40O6Si. The van der Waals surface area contributed by atoms with Crippen LogP contribution in [0.2, 0.25) is 19.6 Å². The lowest BCUT2D eigenvalue weighted by Gasteiger charge is -2.16. The summed E-state index contributed by atoms with van der Waals surface area (Å²) < 4.78 is 32.9. The van der Waals surface area contributed by atoms with Crippen LogP contribution in [-0.2, 0) is 28.1 Å². The first-order valence-electron chi connectivity index (χ1n) is 9.59. The molecule has 0 saturated heterocycles. The summed E-state index contributed by atoms with van der Waals surface area (Å²) in [6.45, 7) is 15.6. The highest BCUT2D eigenvalue weighted by molar-refractivity contribution is 6.69. The Morgan fingerprint density at radius 3 is 1.20 bits per heavy atom. The standard InChI is InChI=1S/C18H40O6Si/c1-5-6-7-8-19-9-10-20-11-12-21-13-14-22-15-16-23-17-18-24-25(2,3)4/h5-18H2,1-4H3. The molecule has 0 N–H and O–H groups in total. The van der Waals surface area contributed by atoms with Crippen LogP contribution in [0.25, 0.3) is 0 Å². The zero-order chi connectivity index (χ0) is 18.6. The van der Waals surface area contributed by atoms with Crippen molar-refractivity contribution in [2.24, 2.45) is 0 Å². The maximum absolute atomic E-state index is 5.69. The molecule has 0 aliphatic heterocycles. The lowest BCUT2D eigenvalue weighted by atomic mass is 10.3. The zero-order valence-corrected chi connectivity index (χ0v) is 17.8. The van der Waals surface area contributed by atoms with Gasteiger partial charge in [-0.2, -0.15) is 0 Å². The van der Waals surface area contributed by atoms with Crippen molar-refractivity contribution in [3.63, 3.8) is 0 Å². The van der Waals surface area contributed by atoms with Crippen molar-refractivity contribution in [3.8, 4) is 0 Å². The van der Waals surface area contributed by atoms with E-state index in [0.717, 1.165) is 13.0 Å². The Labute approximate surface area is 155 Å². The number of unbranched alkanes of at least 4 members (excludes halogenated alkanes) is 2. The van der Waals surface area contributed by atoms with Gasteiger partial charge < -0.3 is 28.1 Å². The van der Waals surface area contributed by atoms with Gasteiger partial charge in [0.2, 0.25) is 0 Å². The molecule has 0 radical (unpaired) electrons. The number of rotatable bonds is 20. The number of hydrogen-bond acceptors (Lipinski definition) is 6. The first kappa shape index (κ1) is 25.0. The third kappa shape index (κ3) is 24.0. The van der Waals surface area contributed by atoms with Gasteiger partial charge in [-0.15, -0.1) is 0 Å². The molecule has 0 bridgehead atoms. The Kier molecular flexibility index (Phi) is 18.7. The van der Waals surface area contributed by atoms with Gasteiger partial charge in [0.1, 0.15) is 0 Å². The van der Waals surface area contributed by atoms with E-state index in [4.69, 9.17) is 28.1 Å². The fourth-order valence-corrected chi connectivity index (χ4v) is 2.54. The van der Waals surface area contributed by atoms with Gasteiger partial charge in [-0.05, 0) is 26.1 Å². The van der Waals surface area contributed by atoms with E-state index < -0.39 is 8.32 Å². The third-order valence-corrected chi connectivity index (χ3v) is 4.21. The molecule has 7 heteroatoms. The van der Waals surface area contributed by atoms with E-state index in [1.807, 2.05) is 0 Å². The molecular weight excluding hydrogens is 340 g/mol. The lowest BCUT2D eigenvalue weighted by Crippen LogP contribution is -2.27. The van der Waals surface area contributed by atoms with Gasteiger partial charge in [0.05, 0.1) is 66.1 Å². The van der Waals surface area contributed by atoms with Crippen molar-refractivity contribution in [3.05, 3.63) is 0 Å². The van der Waals surface area contributed by atoms with Crippen LogP contribution in [0.4, 0.5) is 0 Å². The number of hydrogen-bond donors (Lipinski definition) is 0. The van der Waals surface area contributed by atoms with Crippen molar-refractivity contribution in [1.29, 1.82) is 0 Å². The highest BCUT2D eigenvalue weighted by Crippen LogP contribution is 2.01. The molecule has 0 fully saturated rings. The van der Waals surface area contributed by atoms with E-state index in [2.05, 4.69) is 26.6 Å². The molecule has 0 saturated carbocycles. The predicted molar refractivity (Wildman–Crippen MR) is 103 cm³/mol. The minimum atomic E-state index is -1.41. The first-order valence-corrected chi connectivity index (χ1v) is 13.0. The molecule has 0 amide bonds. The quantitative estimate of drug-likeness (QED) is 0.239. The van der Waals surface area contributed by atoms with E-state index in [0.29, 0.717) is 66.1 Å². The average Bonchev–Trinajstić information content (AvgIpc) is 2.56. The molecule has 0 heterocycles. The topological polar surface area (TPSA) is 55.4 Å². The van der Waals surface area contributed by atoms with E-state index in [9.17, 15) is 0 Å². The Morgan fingerprint density at radius 2 is 0.840 bits per heavy atom. The van der Waals surface area contributed by atoms with Crippen molar-refractivity contribution in [2.75, 3.05) is 72.7 Å². The van der Waals surface area contributed by atoms with E-state index in [1.165, 1.54) is 12.8 Å². The van der Waals surface area contributed by atoms with Gasteiger partial charge in [-0.25, -0.2) is 0 Å². The molecule has 0 aliphatic carbocycles. The van der Waals surface area contributed by atoms with E-state index >= 15 is 0 Å². The molecule has 0 aromatic rings. The molecule has 0 unspecified atom stereocenters. The van der Waals surface area contributed by atoms with Crippen LogP contribution in [0.15, 0.2) is 0 Å². The monoisotopic (exact) mass is 380 g/mol. The van der Waals surface area contributed by atoms with Crippen LogP contribution in [0.3, 0.4) is 0 Å². The molecule has 0 atom stereocenters. The van der Waals surface area contributed by atoms with Gasteiger partial charge in [0.15, 0.2) is 8.32 Å². The molecule has 0 spiro atoms. The Morgan fingerprint density at radius 1 is 0.480 bits per heavy atom. The highest BCUT2D eigenvalue weighted by atomic mass is 28.4. The maximum Gasteiger partial charge on any atom is 0.183 e. The van der Waals surface area contributed by atoms with Crippen molar-refractivity contribution < 1.29 is 28.1 Å². The summed E-state index contributed by atoms with van der Waals surface area (Å²) in [5, 5.41) is 0. The molecule has 6 nitrogen and oxygen atoms in total. The van der Waals surface area contributed by atoms with E-state index in [1.54, 1.807) is 0 Å². The highest BCUT2D eigenvalue weighted by Gasteiger charge is 2.12. The van der Waals surface area contributed by atoms with Gasteiger partial charge in [0.25, 0.3) is 0 Å². The maximum atomic E-state index is 5.69. The number of ether oxygens (including phenoxy) is 5. The van der Waals surface area contributed by atoms with E-state index in [-0.39, 0.29) is 0 Å². The zero-order valence-electron chi connectivity index (χ0n) is 16.8. The second-order valence-corrected chi connectivity index (χ2v) is 11.2.